The van der Waals surface area contributed by atoms with Crippen molar-refractivity contribution in [2.75, 3.05) is 13.2 Å². The van der Waals surface area contributed by atoms with Crippen molar-refractivity contribution in [2.24, 2.45) is 0 Å². The van der Waals surface area contributed by atoms with Gasteiger partial charge in [-0.15, -0.1) is 0 Å². The molecule has 3 fully saturated rings. The lowest BCUT2D eigenvalue weighted by Crippen LogP contribution is -2.66. The van der Waals surface area contributed by atoms with Gasteiger partial charge in [-0.3, -0.25) is 4.79 Å². The Hall–Kier alpha value is -3.67. The van der Waals surface area contributed by atoms with Gasteiger partial charge in [0, 0.05) is 17.7 Å². The first-order chi connectivity index (χ1) is 24.2. The minimum Gasteiger partial charge on any atom is -0.508 e. The van der Waals surface area contributed by atoms with Crippen LogP contribution < -0.4 is 10.2 Å². The standard InChI is InChI=1S/C32H38O19/c1-10-19(38)27(49-30-24(43)20(39)15(37)9-45-30)29(51-31-25(44)23(42)21(40)17(8-33)48-31)32(46-10)50-28-22(41)18-14(36)6-13(35)7-16(18)47-26(28)11-2-4-12(34)5-3-11/h2-7,10,15,17,19-21,23-25,27,29-40,42-44H,8-9H2,1H3/t10-,15+,17+,19-,20-,21+,23-,24+,25+,27+,29+,30-,31-,32-/m0/s1. The summed E-state index contributed by atoms with van der Waals surface area (Å²) >= 11 is 0. The van der Waals surface area contributed by atoms with Crippen LogP contribution in [0.25, 0.3) is 22.3 Å². The third-order valence-electron chi connectivity index (χ3n) is 8.92. The van der Waals surface area contributed by atoms with Crippen LogP contribution in [0.4, 0.5) is 0 Å². The molecule has 0 radical (unpaired) electrons. The molecule has 11 N–H and O–H groups in total. The molecule has 3 aliphatic heterocycles. The number of phenols is 3. The fourth-order valence-corrected chi connectivity index (χ4v) is 6.06. The molecule has 2 aromatic carbocycles. The van der Waals surface area contributed by atoms with E-state index in [1.54, 1.807) is 0 Å². The Bertz CT molecular complexity index is 1730. The summed E-state index contributed by atoms with van der Waals surface area (Å²) in [5.41, 5.74) is -1.11. The molecule has 3 aromatic rings. The summed E-state index contributed by atoms with van der Waals surface area (Å²) in [5.74, 6) is -2.20. The van der Waals surface area contributed by atoms with E-state index in [9.17, 15) is 61.0 Å². The van der Waals surface area contributed by atoms with Crippen LogP contribution in [0.1, 0.15) is 6.92 Å². The Balaban J connectivity index is 1.45. The first kappa shape index (κ1) is 37.1. The number of hydrogen-bond donors (Lipinski definition) is 11. The summed E-state index contributed by atoms with van der Waals surface area (Å²) in [4.78, 5) is 14.0. The molecule has 0 spiro atoms. The number of rotatable bonds is 8. The van der Waals surface area contributed by atoms with Crippen molar-refractivity contribution in [3.8, 4) is 34.3 Å². The van der Waals surface area contributed by atoms with Crippen molar-refractivity contribution in [1.29, 1.82) is 0 Å². The number of aromatic hydroxyl groups is 3. The smallest absolute Gasteiger partial charge is 0.239 e. The third kappa shape index (κ3) is 7.09. The first-order valence-electron chi connectivity index (χ1n) is 15.8. The second-order valence-corrected chi connectivity index (χ2v) is 12.4. The van der Waals surface area contributed by atoms with E-state index in [0.717, 1.165) is 12.1 Å². The van der Waals surface area contributed by atoms with E-state index in [4.69, 9.17) is 32.8 Å². The Labute approximate surface area is 287 Å². The van der Waals surface area contributed by atoms with Gasteiger partial charge in [-0.25, -0.2) is 0 Å². The molecule has 280 valence electrons. The Morgan fingerprint density at radius 3 is 2.10 bits per heavy atom. The average Bonchev–Trinajstić information content (AvgIpc) is 3.09. The van der Waals surface area contributed by atoms with E-state index >= 15 is 0 Å². The highest BCUT2D eigenvalue weighted by Gasteiger charge is 2.54. The summed E-state index contributed by atoms with van der Waals surface area (Å²) < 4.78 is 40.7. The summed E-state index contributed by atoms with van der Waals surface area (Å²) in [5, 5.41) is 114. The second kappa shape index (κ2) is 14.8. The van der Waals surface area contributed by atoms with E-state index in [0.29, 0.717) is 0 Å². The molecular weight excluding hydrogens is 688 g/mol. The normalized spacial score (nSPS) is 37.4. The van der Waals surface area contributed by atoms with Crippen LogP contribution in [0.5, 0.6) is 23.0 Å². The monoisotopic (exact) mass is 726 g/mol. The van der Waals surface area contributed by atoms with Crippen molar-refractivity contribution >= 4 is 11.0 Å². The number of benzene rings is 2. The maximum absolute atomic E-state index is 14.0. The molecule has 3 aliphatic rings. The van der Waals surface area contributed by atoms with Crippen LogP contribution in [0.15, 0.2) is 45.6 Å². The maximum atomic E-state index is 14.0. The molecule has 14 atom stereocenters. The number of hydrogen-bond acceptors (Lipinski definition) is 19. The maximum Gasteiger partial charge on any atom is 0.239 e. The van der Waals surface area contributed by atoms with Crippen LogP contribution >= 0.6 is 0 Å². The second-order valence-electron chi connectivity index (χ2n) is 12.4. The fourth-order valence-electron chi connectivity index (χ4n) is 6.06. The lowest BCUT2D eigenvalue weighted by Gasteiger charge is -2.48. The number of aliphatic hydroxyl groups excluding tert-OH is 8. The fraction of sp³-hybridized carbons (Fsp3) is 0.531. The highest BCUT2D eigenvalue weighted by molar-refractivity contribution is 5.88. The summed E-state index contributed by atoms with van der Waals surface area (Å²) in [6.07, 6.45) is -24.1. The first-order valence-corrected chi connectivity index (χ1v) is 15.8. The summed E-state index contributed by atoms with van der Waals surface area (Å²) in [6, 6.07) is 7.21. The molecule has 0 bridgehead atoms. The molecule has 4 heterocycles. The van der Waals surface area contributed by atoms with Gasteiger partial charge in [-0.2, -0.15) is 0 Å². The minimum absolute atomic E-state index is 0.143. The van der Waals surface area contributed by atoms with Crippen LogP contribution in [-0.2, 0) is 23.7 Å². The molecule has 19 nitrogen and oxygen atoms in total. The van der Waals surface area contributed by atoms with Crippen LogP contribution in [-0.4, -0.2) is 155 Å². The van der Waals surface area contributed by atoms with Gasteiger partial charge in [0.2, 0.25) is 17.5 Å². The largest absolute Gasteiger partial charge is 0.508 e. The molecule has 0 amide bonds. The Morgan fingerprint density at radius 2 is 1.41 bits per heavy atom. The molecular formula is C32H38O19. The molecule has 1 aromatic heterocycles. The van der Waals surface area contributed by atoms with Gasteiger partial charge in [-0.05, 0) is 31.2 Å². The molecule has 0 saturated carbocycles. The van der Waals surface area contributed by atoms with Gasteiger partial charge in [0.05, 0.1) is 19.3 Å². The Kier molecular flexibility index (Phi) is 10.7. The molecule has 6 rings (SSSR count). The minimum atomic E-state index is -1.99. The number of ether oxygens (including phenoxy) is 6. The van der Waals surface area contributed by atoms with Crippen molar-refractivity contribution in [2.45, 2.75) is 92.9 Å². The van der Waals surface area contributed by atoms with E-state index < -0.39 is 127 Å². The SMILES string of the molecule is C[C@@H]1O[C@@H](Oc2c(-c3ccc(O)cc3)oc3cc(O)cc(O)c3c2=O)[C@H](O[C@@H]2O[C@H](CO)[C@@H](O)[C@H](O)[C@H]2O)[C@H](O[C@@H]2OC[C@@H](O)[C@H](O)[C@H]2O)[C@H]1O. The van der Waals surface area contributed by atoms with E-state index in [2.05, 4.69) is 0 Å². The molecule has 3 saturated heterocycles. The van der Waals surface area contributed by atoms with Crippen molar-refractivity contribution in [1.82, 2.24) is 0 Å². The number of phenolic OH excluding ortho intramolecular Hbond substituents is 3. The molecule has 0 aliphatic carbocycles. The van der Waals surface area contributed by atoms with Gasteiger partial charge in [-0.1, -0.05) is 0 Å². The highest BCUT2D eigenvalue weighted by atomic mass is 16.8. The van der Waals surface area contributed by atoms with Gasteiger partial charge >= 0.3 is 0 Å². The van der Waals surface area contributed by atoms with Crippen molar-refractivity contribution < 1.29 is 89.0 Å². The van der Waals surface area contributed by atoms with Gasteiger partial charge in [0.25, 0.3) is 0 Å². The van der Waals surface area contributed by atoms with E-state index in [-0.39, 0.29) is 22.7 Å². The zero-order valence-electron chi connectivity index (χ0n) is 26.6. The predicted octanol–water partition coefficient (Wildman–Crippen LogP) is -2.93. The molecule has 51 heavy (non-hydrogen) atoms. The summed E-state index contributed by atoms with van der Waals surface area (Å²) in [6.45, 7) is 0.0423. The van der Waals surface area contributed by atoms with Crippen molar-refractivity contribution in [3.05, 3.63) is 46.6 Å². The highest BCUT2D eigenvalue weighted by Crippen LogP contribution is 2.39. The zero-order chi connectivity index (χ0) is 36.9. The lowest BCUT2D eigenvalue weighted by atomic mass is 9.97. The lowest BCUT2D eigenvalue weighted by molar-refractivity contribution is -0.377. The van der Waals surface area contributed by atoms with Crippen molar-refractivity contribution in [3.63, 3.8) is 0 Å². The summed E-state index contributed by atoms with van der Waals surface area (Å²) in [7, 11) is 0. The van der Waals surface area contributed by atoms with Gasteiger partial charge < -0.3 is 89.0 Å². The van der Waals surface area contributed by atoms with Crippen LogP contribution in [0, 0.1) is 0 Å². The van der Waals surface area contributed by atoms with Crippen LogP contribution in [0.2, 0.25) is 0 Å². The quantitative estimate of drug-likeness (QED) is 0.111. The van der Waals surface area contributed by atoms with Gasteiger partial charge in [0.15, 0.2) is 24.4 Å². The number of fused-ring (bicyclic) bond motifs is 1. The predicted molar refractivity (Wildman–Crippen MR) is 165 cm³/mol. The van der Waals surface area contributed by atoms with Crippen LogP contribution in [0.3, 0.4) is 0 Å². The molecule has 19 heteroatoms. The van der Waals surface area contributed by atoms with E-state index in [1.165, 1.54) is 31.2 Å². The third-order valence-corrected chi connectivity index (χ3v) is 8.92. The Morgan fingerprint density at radius 1 is 0.745 bits per heavy atom. The van der Waals surface area contributed by atoms with Gasteiger partial charge in [0.1, 0.15) is 83.2 Å². The molecule has 0 unspecified atom stereocenters. The van der Waals surface area contributed by atoms with E-state index in [1.807, 2.05) is 0 Å². The topological polar surface area (TPSA) is 308 Å². The average molecular weight is 727 g/mol. The zero-order valence-corrected chi connectivity index (χ0v) is 26.6. The number of aliphatic hydroxyl groups is 8.